The second-order valence-electron chi connectivity index (χ2n) is 4.69. The zero-order valence-electron chi connectivity index (χ0n) is 10.3. The van der Waals surface area contributed by atoms with Gasteiger partial charge in [0.15, 0.2) is 0 Å². The lowest BCUT2D eigenvalue weighted by molar-refractivity contribution is 0.0955. The zero-order valence-corrected chi connectivity index (χ0v) is 11.8. The van der Waals surface area contributed by atoms with Crippen LogP contribution in [0.2, 0.25) is 10.0 Å². The van der Waals surface area contributed by atoms with Gasteiger partial charge in [0, 0.05) is 5.69 Å². The summed E-state index contributed by atoms with van der Waals surface area (Å²) < 4.78 is 0. The molecule has 6 heteroatoms. The van der Waals surface area contributed by atoms with Gasteiger partial charge in [0.1, 0.15) is 0 Å². The number of carbonyl (C=O) groups excluding carboxylic acids is 1. The van der Waals surface area contributed by atoms with E-state index in [9.17, 15) is 9.90 Å². The molecular weight excluding hydrogens is 287 g/mol. The summed E-state index contributed by atoms with van der Waals surface area (Å²) in [5.74, 6) is 0. The first kappa shape index (κ1) is 14.4. The summed E-state index contributed by atoms with van der Waals surface area (Å²) in [4.78, 5) is 11.8. The third-order valence-electron chi connectivity index (χ3n) is 3.22. The highest BCUT2D eigenvalue weighted by atomic mass is 35.5. The lowest BCUT2D eigenvalue weighted by atomic mass is 9.93. The molecule has 0 heterocycles. The van der Waals surface area contributed by atoms with E-state index in [1.54, 1.807) is 18.2 Å². The molecule has 0 aliphatic heterocycles. The molecule has 1 aliphatic rings. The minimum absolute atomic E-state index is 0.184. The minimum atomic E-state index is -0.465. The Balaban J connectivity index is 1.91. The average molecular weight is 303 g/mol. The third-order valence-corrected chi connectivity index (χ3v) is 3.96. The van der Waals surface area contributed by atoms with E-state index in [-0.39, 0.29) is 12.1 Å². The number of hydrogen-bond acceptors (Lipinski definition) is 2. The van der Waals surface area contributed by atoms with E-state index in [1.807, 2.05) is 0 Å². The number of aliphatic hydroxyl groups excluding tert-OH is 1. The molecule has 1 aromatic rings. The standard InChI is InChI=1S/C13H16Cl2N2O2/c14-9-6-5-8(7-10(9)15)16-13(19)17-11-3-1-2-4-12(11)18/h5-7,11-12,18H,1-4H2,(H2,16,17,19). The predicted molar refractivity (Wildman–Crippen MR) is 76.9 cm³/mol. The van der Waals surface area contributed by atoms with Gasteiger partial charge in [-0.05, 0) is 31.0 Å². The number of aliphatic hydroxyl groups is 1. The first-order valence-electron chi connectivity index (χ1n) is 6.27. The topological polar surface area (TPSA) is 61.4 Å². The number of rotatable bonds is 2. The molecule has 0 aromatic heterocycles. The zero-order chi connectivity index (χ0) is 13.8. The number of carbonyl (C=O) groups is 1. The van der Waals surface area contributed by atoms with Crippen molar-refractivity contribution in [1.82, 2.24) is 5.32 Å². The monoisotopic (exact) mass is 302 g/mol. The molecule has 2 atom stereocenters. The summed E-state index contributed by atoms with van der Waals surface area (Å²) in [5.41, 5.74) is 0.567. The second kappa shape index (κ2) is 6.46. The normalized spacial score (nSPS) is 22.9. The third kappa shape index (κ3) is 4.00. The number of halogens is 2. The number of anilines is 1. The molecule has 1 fully saturated rings. The first-order valence-corrected chi connectivity index (χ1v) is 7.02. The Morgan fingerprint density at radius 3 is 2.63 bits per heavy atom. The van der Waals surface area contributed by atoms with Crippen LogP contribution in [0.1, 0.15) is 25.7 Å². The van der Waals surface area contributed by atoms with Crippen molar-refractivity contribution in [3.63, 3.8) is 0 Å². The molecule has 0 radical (unpaired) electrons. The van der Waals surface area contributed by atoms with Gasteiger partial charge in [0.2, 0.25) is 0 Å². The van der Waals surface area contributed by atoms with Crippen molar-refractivity contribution in [3.05, 3.63) is 28.2 Å². The average Bonchev–Trinajstić information content (AvgIpc) is 2.37. The lowest BCUT2D eigenvalue weighted by Gasteiger charge is -2.28. The van der Waals surface area contributed by atoms with Gasteiger partial charge in [-0.2, -0.15) is 0 Å². The SMILES string of the molecule is O=C(Nc1ccc(Cl)c(Cl)c1)NC1CCCCC1O. The maximum Gasteiger partial charge on any atom is 0.319 e. The number of hydrogen-bond donors (Lipinski definition) is 3. The highest BCUT2D eigenvalue weighted by Gasteiger charge is 2.24. The molecule has 3 N–H and O–H groups in total. The molecule has 1 saturated carbocycles. The van der Waals surface area contributed by atoms with Crippen LogP contribution in [0.25, 0.3) is 0 Å². The molecule has 1 aliphatic carbocycles. The van der Waals surface area contributed by atoms with Crippen LogP contribution in [0, 0.1) is 0 Å². The quantitative estimate of drug-likeness (QED) is 0.784. The Morgan fingerprint density at radius 1 is 1.21 bits per heavy atom. The van der Waals surface area contributed by atoms with Crippen molar-refractivity contribution in [2.75, 3.05) is 5.32 Å². The van der Waals surface area contributed by atoms with Crippen LogP contribution in [0.4, 0.5) is 10.5 Å². The van der Waals surface area contributed by atoms with Crippen molar-refractivity contribution in [3.8, 4) is 0 Å². The van der Waals surface area contributed by atoms with Crippen LogP contribution in [0.5, 0.6) is 0 Å². The van der Waals surface area contributed by atoms with Crippen molar-refractivity contribution in [1.29, 1.82) is 0 Å². The number of benzene rings is 1. The molecule has 1 aromatic carbocycles. The Hall–Kier alpha value is -0.970. The van der Waals surface area contributed by atoms with E-state index in [0.29, 0.717) is 15.7 Å². The number of urea groups is 1. The minimum Gasteiger partial charge on any atom is -0.391 e. The van der Waals surface area contributed by atoms with Gasteiger partial charge in [-0.3, -0.25) is 0 Å². The molecule has 2 rings (SSSR count). The van der Waals surface area contributed by atoms with Gasteiger partial charge >= 0.3 is 6.03 Å². The predicted octanol–water partition coefficient (Wildman–Crippen LogP) is 3.42. The summed E-state index contributed by atoms with van der Waals surface area (Å²) in [6, 6.07) is 4.35. The fourth-order valence-electron chi connectivity index (χ4n) is 2.19. The Bertz CT molecular complexity index is 468. The Morgan fingerprint density at radius 2 is 1.95 bits per heavy atom. The lowest BCUT2D eigenvalue weighted by Crippen LogP contribution is -2.46. The van der Waals surface area contributed by atoms with Crippen molar-refractivity contribution in [2.24, 2.45) is 0 Å². The van der Waals surface area contributed by atoms with Crippen LogP contribution in [-0.4, -0.2) is 23.3 Å². The van der Waals surface area contributed by atoms with Gasteiger partial charge in [-0.15, -0.1) is 0 Å². The Kier molecular flexibility index (Phi) is 4.91. The first-order chi connectivity index (χ1) is 9.06. The van der Waals surface area contributed by atoms with Crippen LogP contribution in [0.15, 0.2) is 18.2 Å². The van der Waals surface area contributed by atoms with E-state index in [0.717, 1.165) is 25.7 Å². The van der Waals surface area contributed by atoms with E-state index in [1.165, 1.54) is 0 Å². The largest absolute Gasteiger partial charge is 0.391 e. The van der Waals surface area contributed by atoms with Crippen molar-refractivity contribution >= 4 is 34.9 Å². The van der Waals surface area contributed by atoms with Gasteiger partial charge in [0.05, 0.1) is 22.2 Å². The summed E-state index contributed by atoms with van der Waals surface area (Å²) in [6.45, 7) is 0. The molecular formula is C13H16Cl2N2O2. The van der Waals surface area contributed by atoms with Crippen LogP contribution in [-0.2, 0) is 0 Å². The van der Waals surface area contributed by atoms with Crippen LogP contribution in [0.3, 0.4) is 0 Å². The van der Waals surface area contributed by atoms with Crippen LogP contribution < -0.4 is 10.6 Å². The number of nitrogens with one attached hydrogen (secondary N) is 2. The fourth-order valence-corrected chi connectivity index (χ4v) is 2.49. The highest BCUT2D eigenvalue weighted by Crippen LogP contribution is 2.25. The number of amides is 2. The van der Waals surface area contributed by atoms with Gasteiger partial charge in [-0.1, -0.05) is 36.0 Å². The van der Waals surface area contributed by atoms with Gasteiger partial charge in [-0.25, -0.2) is 4.79 Å². The summed E-state index contributed by atoms with van der Waals surface area (Å²) in [5, 5.41) is 16.1. The van der Waals surface area contributed by atoms with E-state index >= 15 is 0 Å². The molecule has 19 heavy (non-hydrogen) atoms. The van der Waals surface area contributed by atoms with Gasteiger partial charge < -0.3 is 15.7 Å². The molecule has 2 amide bonds. The van der Waals surface area contributed by atoms with E-state index in [2.05, 4.69) is 10.6 Å². The highest BCUT2D eigenvalue weighted by molar-refractivity contribution is 6.42. The van der Waals surface area contributed by atoms with Crippen molar-refractivity contribution < 1.29 is 9.90 Å². The molecule has 4 nitrogen and oxygen atoms in total. The fraction of sp³-hybridized carbons (Fsp3) is 0.462. The maximum absolute atomic E-state index is 11.8. The van der Waals surface area contributed by atoms with E-state index in [4.69, 9.17) is 23.2 Å². The summed E-state index contributed by atoms with van der Waals surface area (Å²) in [7, 11) is 0. The van der Waals surface area contributed by atoms with Gasteiger partial charge in [0.25, 0.3) is 0 Å². The summed E-state index contributed by atoms with van der Waals surface area (Å²) in [6.07, 6.45) is 3.10. The molecule has 104 valence electrons. The molecule has 2 unspecified atom stereocenters. The molecule has 0 saturated heterocycles. The van der Waals surface area contributed by atoms with E-state index < -0.39 is 6.10 Å². The van der Waals surface area contributed by atoms with Crippen LogP contribution >= 0.6 is 23.2 Å². The van der Waals surface area contributed by atoms with Crippen molar-refractivity contribution in [2.45, 2.75) is 37.8 Å². The second-order valence-corrected chi connectivity index (χ2v) is 5.50. The molecule has 0 bridgehead atoms. The Labute approximate surface area is 122 Å². The molecule has 0 spiro atoms. The smallest absolute Gasteiger partial charge is 0.319 e. The summed E-state index contributed by atoms with van der Waals surface area (Å²) >= 11 is 11.7. The maximum atomic E-state index is 11.8.